The van der Waals surface area contributed by atoms with E-state index >= 15 is 0 Å². The van der Waals surface area contributed by atoms with Crippen LogP contribution in [0.1, 0.15) is 29.5 Å². The molecular formula is C17H13F2N. The lowest BCUT2D eigenvalue weighted by atomic mass is 9.89. The van der Waals surface area contributed by atoms with Crippen molar-refractivity contribution in [2.45, 2.75) is 12.8 Å². The Morgan fingerprint density at radius 1 is 1.15 bits per heavy atom. The van der Waals surface area contributed by atoms with Gasteiger partial charge in [0, 0.05) is 17.5 Å². The molecule has 0 radical (unpaired) electrons. The highest BCUT2D eigenvalue weighted by atomic mass is 19.1. The molecule has 0 aromatic heterocycles. The second-order valence-electron chi connectivity index (χ2n) is 4.60. The lowest BCUT2D eigenvalue weighted by molar-refractivity contribution is 0.580. The van der Waals surface area contributed by atoms with Crippen molar-refractivity contribution in [1.29, 1.82) is 5.26 Å². The Kier molecular flexibility index (Phi) is 3.95. The normalized spacial score (nSPS) is 11.7. The van der Waals surface area contributed by atoms with Crippen LogP contribution in [0.5, 0.6) is 0 Å². The number of nitriles is 1. The van der Waals surface area contributed by atoms with Crippen LogP contribution in [0.2, 0.25) is 0 Å². The number of hydrogen-bond acceptors (Lipinski definition) is 1. The zero-order chi connectivity index (χ0) is 14.7. The van der Waals surface area contributed by atoms with Gasteiger partial charge < -0.3 is 0 Å². The molecule has 0 aliphatic carbocycles. The number of allylic oxidation sites excluding steroid dienone is 1. The summed E-state index contributed by atoms with van der Waals surface area (Å²) in [6.07, 6.45) is 0. The van der Waals surface area contributed by atoms with E-state index in [1.54, 1.807) is 12.1 Å². The topological polar surface area (TPSA) is 23.8 Å². The van der Waals surface area contributed by atoms with Crippen LogP contribution in [0.3, 0.4) is 0 Å². The Hall–Kier alpha value is -2.47. The van der Waals surface area contributed by atoms with E-state index in [4.69, 9.17) is 5.26 Å². The maximum Gasteiger partial charge on any atom is 0.133 e. The Labute approximate surface area is 116 Å². The van der Waals surface area contributed by atoms with Crippen LogP contribution in [0.25, 0.3) is 5.57 Å². The van der Waals surface area contributed by atoms with E-state index in [9.17, 15) is 8.78 Å². The molecule has 0 bridgehead atoms. The molecule has 0 N–H and O–H groups in total. The first-order chi connectivity index (χ1) is 9.52. The SMILES string of the molecule is C=C(c1ccc(F)cc1F)[C@@H](C)c1ccc(C#N)cc1. The molecule has 20 heavy (non-hydrogen) atoms. The molecule has 0 aliphatic rings. The van der Waals surface area contributed by atoms with Crippen LogP contribution >= 0.6 is 0 Å². The zero-order valence-electron chi connectivity index (χ0n) is 11.0. The smallest absolute Gasteiger partial charge is 0.133 e. The van der Waals surface area contributed by atoms with Crippen molar-refractivity contribution in [3.63, 3.8) is 0 Å². The van der Waals surface area contributed by atoms with Crippen LogP contribution < -0.4 is 0 Å². The van der Waals surface area contributed by atoms with Crippen LogP contribution in [-0.2, 0) is 0 Å². The molecule has 3 heteroatoms. The molecule has 0 unspecified atom stereocenters. The van der Waals surface area contributed by atoms with Gasteiger partial charge in [-0.2, -0.15) is 5.26 Å². The van der Waals surface area contributed by atoms with Gasteiger partial charge in [0.25, 0.3) is 0 Å². The van der Waals surface area contributed by atoms with Crippen LogP contribution in [0, 0.1) is 23.0 Å². The highest BCUT2D eigenvalue weighted by Gasteiger charge is 2.15. The molecular weight excluding hydrogens is 256 g/mol. The number of benzene rings is 2. The Morgan fingerprint density at radius 3 is 2.35 bits per heavy atom. The second-order valence-corrected chi connectivity index (χ2v) is 4.60. The fraction of sp³-hybridized carbons (Fsp3) is 0.118. The fourth-order valence-corrected chi connectivity index (χ4v) is 2.03. The van der Waals surface area contributed by atoms with Crippen LogP contribution in [0.15, 0.2) is 49.0 Å². The van der Waals surface area contributed by atoms with Gasteiger partial charge in [-0.1, -0.05) is 25.6 Å². The highest BCUT2D eigenvalue weighted by molar-refractivity contribution is 5.69. The maximum absolute atomic E-state index is 13.8. The van der Waals surface area contributed by atoms with Gasteiger partial charge in [0.2, 0.25) is 0 Å². The van der Waals surface area contributed by atoms with Gasteiger partial charge in [-0.25, -0.2) is 8.78 Å². The first-order valence-corrected chi connectivity index (χ1v) is 6.17. The van der Waals surface area contributed by atoms with Crippen molar-refractivity contribution in [3.05, 3.63) is 77.4 Å². The van der Waals surface area contributed by atoms with Gasteiger partial charge in [-0.15, -0.1) is 0 Å². The minimum Gasteiger partial charge on any atom is -0.207 e. The number of hydrogen-bond donors (Lipinski definition) is 0. The van der Waals surface area contributed by atoms with E-state index in [0.717, 1.165) is 11.6 Å². The van der Waals surface area contributed by atoms with Gasteiger partial charge in [0.15, 0.2) is 0 Å². The monoisotopic (exact) mass is 269 g/mol. The predicted octanol–water partition coefficient (Wildman–Crippen LogP) is 4.65. The van der Waals surface area contributed by atoms with Gasteiger partial charge in [-0.3, -0.25) is 0 Å². The summed E-state index contributed by atoms with van der Waals surface area (Å²) in [5, 5.41) is 8.76. The molecule has 1 nitrogen and oxygen atoms in total. The molecule has 0 saturated heterocycles. The van der Waals surface area contributed by atoms with E-state index < -0.39 is 11.6 Å². The van der Waals surface area contributed by atoms with E-state index in [-0.39, 0.29) is 5.92 Å². The third kappa shape index (κ3) is 2.75. The minimum atomic E-state index is -0.615. The van der Waals surface area contributed by atoms with Crippen LogP contribution in [-0.4, -0.2) is 0 Å². The summed E-state index contributed by atoms with van der Waals surface area (Å²) in [7, 11) is 0. The number of nitrogens with zero attached hydrogens (tertiary/aromatic N) is 1. The van der Waals surface area contributed by atoms with Gasteiger partial charge in [0.1, 0.15) is 11.6 Å². The van der Waals surface area contributed by atoms with Crippen molar-refractivity contribution >= 4 is 5.57 Å². The first kappa shape index (κ1) is 14.0. The summed E-state index contributed by atoms with van der Waals surface area (Å²) in [4.78, 5) is 0. The molecule has 0 saturated carbocycles. The molecule has 2 aromatic carbocycles. The summed E-state index contributed by atoms with van der Waals surface area (Å²) < 4.78 is 26.7. The van der Waals surface area contributed by atoms with Gasteiger partial charge in [-0.05, 0) is 35.4 Å². The predicted molar refractivity (Wildman–Crippen MR) is 75.0 cm³/mol. The van der Waals surface area contributed by atoms with E-state index in [0.29, 0.717) is 16.7 Å². The zero-order valence-corrected chi connectivity index (χ0v) is 11.0. The minimum absolute atomic E-state index is 0.122. The second kappa shape index (κ2) is 5.66. The Bertz CT molecular complexity index is 681. The average molecular weight is 269 g/mol. The summed E-state index contributed by atoms with van der Waals surface area (Å²) in [5.41, 5.74) is 2.38. The molecule has 0 fully saturated rings. The summed E-state index contributed by atoms with van der Waals surface area (Å²) in [6.45, 7) is 5.80. The molecule has 0 heterocycles. The van der Waals surface area contributed by atoms with Crippen molar-refractivity contribution in [3.8, 4) is 6.07 Å². The summed E-state index contributed by atoms with van der Waals surface area (Å²) >= 11 is 0. The average Bonchev–Trinajstić information content (AvgIpc) is 2.46. The summed E-state index contributed by atoms with van der Waals surface area (Å²) in [6, 6.07) is 12.6. The lowest BCUT2D eigenvalue weighted by Crippen LogP contribution is -1.99. The van der Waals surface area contributed by atoms with E-state index in [2.05, 4.69) is 6.58 Å². The molecule has 1 atom stereocenters. The quantitative estimate of drug-likeness (QED) is 0.795. The summed E-state index contributed by atoms with van der Waals surface area (Å²) in [5.74, 6) is -1.34. The molecule has 100 valence electrons. The third-order valence-corrected chi connectivity index (χ3v) is 3.34. The van der Waals surface area contributed by atoms with E-state index in [1.807, 2.05) is 25.1 Å². The van der Waals surface area contributed by atoms with Gasteiger partial charge in [0.05, 0.1) is 11.6 Å². The van der Waals surface area contributed by atoms with Crippen molar-refractivity contribution in [2.75, 3.05) is 0 Å². The first-order valence-electron chi connectivity index (χ1n) is 6.17. The van der Waals surface area contributed by atoms with Crippen LogP contribution in [0.4, 0.5) is 8.78 Å². The number of halogens is 2. The van der Waals surface area contributed by atoms with E-state index in [1.165, 1.54) is 12.1 Å². The van der Waals surface area contributed by atoms with Crippen molar-refractivity contribution in [1.82, 2.24) is 0 Å². The Morgan fingerprint density at radius 2 is 1.80 bits per heavy atom. The number of rotatable bonds is 3. The third-order valence-electron chi connectivity index (χ3n) is 3.34. The van der Waals surface area contributed by atoms with Crippen molar-refractivity contribution in [2.24, 2.45) is 0 Å². The Balaban J connectivity index is 2.30. The standard InChI is InChI=1S/C17H13F2N/c1-11(14-5-3-13(10-20)4-6-14)12(2)16-8-7-15(18)9-17(16)19/h3-9,11H,2H2,1H3/t11-/m1/s1. The highest BCUT2D eigenvalue weighted by Crippen LogP contribution is 2.31. The largest absolute Gasteiger partial charge is 0.207 e. The lowest BCUT2D eigenvalue weighted by Gasteiger charge is -2.16. The molecule has 2 rings (SSSR count). The fourth-order valence-electron chi connectivity index (χ4n) is 2.03. The molecule has 0 spiro atoms. The van der Waals surface area contributed by atoms with Gasteiger partial charge >= 0.3 is 0 Å². The molecule has 0 aliphatic heterocycles. The molecule has 2 aromatic rings. The van der Waals surface area contributed by atoms with Crippen molar-refractivity contribution < 1.29 is 8.78 Å². The molecule has 0 amide bonds. The maximum atomic E-state index is 13.8.